The Balaban J connectivity index is 3.29. The summed E-state index contributed by atoms with van der Waals surface area (Å²) in [7, 11) is 0. The lowest BCUT2D eigenvalue weighted by Crippen LogP contribution is -2.19. The second kappa shape index (κ2) is 11.0. The van der Waals surface area contributed by atoms with E-state index in [1.165, 1.54) is 6.92 Å². The van der Waals surface area contributed by atoms with Crippen LogP contribution in [0.3, 0.4) is 0 Å². The molecule has 2 N–H and O–H groups in total. The van der Waals surface area contributed by atoms with Crippen LogP contribution in [0.15, 0.2) is 0 Å². The number of rotatable bonds is 10. The summed E-state index contributed by atoms with van der Waals surface area (Å²) >= 11 is 0. The van der Waals surface area contributed by atoms with E-state index in [1.54, 1.807) is 0 Å². The highest BCUT2D eigenvalue weighted by atomic mass is 16.5. The van der Waals surface area contributed by atoms with Gasteiger partial charge in [0.15, 0.2) is 0 Å². The maximum atomic E-state index is 11.1. The van der Waals surface area contributed by atoms with Crippen molar-refractivity contribution in [2.45, 2.75) is 45.1 Å². The molecule has 18 heavy (non-hydrogen) atoms. The van der Waals surface area contributed by atoms with E-state index in [1.807, 2.05) is 0 Å². The first-order chi connectivity index (χ1) is 8.57. The van der Waals surface area contributed by atoms with Gasteiger partial charge in [0.1, 0.15) is 6.10 Å². The quantitative estimate of drug-likeness (QED) is 0.437. The first-order valence-corrected chi connectivity index (χ1v) is 6.19. The van der Waals surface area contributed by atoms with E-state index < -0.39 is 12.1 Å². The highest BCUT2D eigenvalue weighted by Gasteiger charge is 2.09. The van der Waals surface area contributed by atoms with E-state index >= 15 is 0 Å². The van der Waals surface area contributed by atoms with Crippen molar-refractivity contribution in [2.75, 3.05) is 19.8 Å². The van der Waals surface area contributed by atoms with Gasteiger partial charge < -0.3 is 19.7 Å². The summed E-state index contributed by atoms with van der Waals surface area (Å²) in [5, 5.41) is 17.3. The van der Waals surface area contributed by atoms with Crippen LogP contribution in [0.5, 0.6) is 0 Å². The number of hydrogen-bond donors (Lipinski definition) is 2. The zero-order valence-corrected chi connectivity index (χ0v) is 10.8. The third-order valence-corrected chi connectivity index (χ3v) is 2.18. The highest BCUT2D eigenvalue weighted by Crippen LogP contribution is 2.02. The molecule has 0 aromatic heterocycles. The Hall–Kier alpha value is -1.14. The predicted octanol–water partition coefficient (Wildman–Crippen LogP) is 0.396. The second-order valence-electron chi connectivity index (χ2n) is 3.95. The second-order valence-corrected chi connectivity index (χ2v) is 3.95. The van der Waals surface area contributed by atoms with Crippen molar-refractivity contribution >= 4 is 11.9 Å². The number of carbonyl (C=O) groups excluding carboxylic acids is 2. The minimum atomic E-state index is -1.09. The summed E-state index contributed by atoms with van der Waals surface area (Å²) in [6.45, 7) is 1.87. The number of esters is 2. The number of hydrogen-bond acceptors (Lipinski definition) is 6. The predicted molar refractivity (Wildman–Crippen MR) is 63.8 cm³/mol. The van der Waals surface area contributed by atoms with E-state index in [2.05, 4.69) is 0 Å². The van der Waals surface area contributed by atoms with Crippen molar-refractivity contribution < 1.29 is 29.3 Å². The number of ether oxygens (including phenoxy) is 2. The van der Waals surface area contributed by atoms with Gasteiger partial charge in [0, 0.05) is 19.4 Å². The van der Waals surface area contributed by atoms with Crippen LogP contribution < -0.4 is 0 Å². The molecular formula is C12H22O6. The van der Waals surface area contributed by atoms with Gasteiger partial charge in [-0.25, -0.2) is 4.79 Å². The molecule has 0 amide bonds. The van der Waals surface area contributed by atoms with E-state index in [-0.39, 0.29) is 25.8 Å². The molecule has 0 heterocycles. The molecule has 6 nitrogen and oxygen atoms in total. The van der Waals surface area contributed by atoms with Crippen molar-refractivity contribution in [3.63, 3.8) is 0 Å². The molecule has 1 unspecified atom stereocenters. The summed E-state index contributed by atoms with van der Waals surface area (Å²) < 4.78 is 9.60. The standard InChI is InChI=1S/C12H22O6/c1-10(14)12(16)18-8-4-2-3-6-11(15)17-9-5-7-13/h10,13-14H,2-9H2,1H3. The molecule has 106 valence electrons. The summed E-state index contributed by atoms with van der Waals surface area (Å²) in [6.07, 6.45) is 1.78. The van der Waals surface area contributed by atoms with Gasteiger partial charge in [-0.15, -0.1) is 0 Å². The third kappa shape index (κ3) is 10.0. The molecule has 0 aliphatic carbocycles. The summed E-state index contributed by atoms with van der Waals surface area (Å²) in [6, 6.07) is 0. The van der Waals surface area contributed by atoms with Gasteiger partial charge >= 0.3 is 11.9 Å². The Morgan fingerprint density at radius 1 is 1.06 bits per heavy atom. The Labute approximate surface area is 107 Å². The molecule has 0 bridgehead atoms. The van der Waals surface area contributed by atoms with Gasteiger partial charge in [-0.1, -0.05) is 0 Å². The van der Waals surface area contributed by atoms with Crippen LogP contribution >= 0.6 is 0 Å². The summed E-state index contributed by atoms with van der Waals surface area (Å²) in [4.78, 5) is 22.0. The molecule has 0 aliphatic rings. The van der Waals surface area contributed by atoms with Gasteiger partial charge in [0.25, 0.3) is 0 Å². The fourth-order valence-corrected chi connectivity index (χ4v) is 1.16. The van der Waals surface area contributed by atoms with Crippen LogP contribution in [0.4, 0.5) is 0 Å². The lowest BCUT2D eigenvalue weighted by atomic mass is 10.2. The van der Waals surface area contributed by atoms with Gasteiger partial charge in [-0.05, 0) is 26.2 Å². The van der Waals surface area contributed by atoms with Crippen LogP contribution in [-0.4, -0.2) is 48.1 Å². The number of aliphatic hydroxyl groups excluding tert-OH is 2. The molecule has 0 aromatic carbocycles. The molecule has 6 heteroatoms. The fourth-order valence-electron chi connectivity index (χ4n) is 1.16. The molecule has 0 aromatic rings. The number of unbranched alkanes of at least 4 members (excludes halogenated alkanes) is 2. The lowest BCUT2D eigenvalue weighted by molar-refractivity contribution is -0.152. The number of carbonyl (C=O) groups is 2. The number of aliphatic hydroxyl groups is 2. The van der Waals surface area contributed by atoms with Crippen molar-refractivity contribution in [3.8, 4) is 0 Å². The fraction of sp³-hybridized carbons (Fsp3) is 0.833. The maximum Gasteiger partial charge on any atom is 0.334 e. The van der Waals surface area contributed by atoms with Gasteiger partial charge in [0.2, 0.25) is 0 Å². The molecule has 1 atom stereocenters. The van der Waals surface area contributed by atoms with Crippen LogP contribution in [0.1, 0.15) is 39.0 Å². The van der Waals surface area contributed by atoms with Crippen LogP contribution in [0, 0.1) is 0 Å². The zero-order valence-electron chi connectivity index (χ0n) is 10.8. The molecule has 0 saturated heterocycles. The van der Waals surface area contributed by atoms with E-state index in [4.69, 9.17) is 19.7 Å². The minimum absolute atomic E-state index is 0.0158. The van der Waals surface area contributed by atoms with Gasteiger partial charge in [0.05, 0.1) is 13.2 Å². The molecule has 0 fully saturated rings. The Morgan fingerprint density at radius 2 is 1.72 bits per heavy atom. The first kappa shape index (κ1) is 16.9. The Bertz CT molecular complexity index is 239. The van der Waals surface area contributed by atoms with Gasteiger partial charge in [-0.2, -0.15) is 0 Å². The molecule has 0 rings (SSSR count). The minimum Gasteiger partial charge on any atom is -0.466 e. The van der Waals surface area contributed by atoms with Crippen molar-refractivity contribution in [2.24, 2.45) is 0 Å². The summed E-state index contributed by atoms with van der Waals surface area (Å²) in [5.74, 6) is -0.900. The van der Waals surface area contributed by atoms with Crippen molar-refractivity contribution in [1.82, 2.24) is 0 Å². The van der Waals surface area contributed by atoms with Crippen LogP contribution in [0.2, 0.25) is 0 Å². The van der Waals surface area contributed by atoms with E-state index in [0.29, 0.717) is 25.7 Å². The first-order valence-electron chi connectivity index (χ1n) is 6.19. The largest absolute Gasteiger partial charge is 0.466 e. The smallest absolute Gasteiger partial charge is 0.334 e. The average molecular weight is 262 g/mol. The SMILES string of the molecule is CC(O)C(=O)OCCCCCC(=O)OCCCO. The normalized spacial score (nSPS) is 11.9. The molecular weight excluding hydrogens is 240 g/mol. The van der Waals surface area contributed by atoms with E-state index in [9.17, 15) is 9.59 Å². The zero-order chi connectivity index (χ0) is 13.8. The van der Waals surface area contributed by atoms with Crippen LogP contribution in [0.25, 0.3) is 0 Å². The molecule has 0 radical (unpaired) electrons. The monoisotopic (exact) mass is 262 g/mol. The summed E-state index contributed by atoms with van der Waals surface area (Å²) in [5.41, 5.74) is 0. The Kier molecular flexibility index (Phi) is 10.3. The Morgan fingerprint density at radius 3 is 2.33 bits per heavy atom. The van der Waals surface area contributed by atoms with Crippen molar-refractivity contribution in [3.05, 3.63) is 0 Å². The van der Waals surface area contributed by atoms with Gasteiger partial charge in [-0.3, -0.25) is 4.79 Å². The third-order valence-electron chi connectivity index (χ3n) is 2.18. The van der Waals surface area contributed by atoms with Crippen LogP contribution in [-0.2, 0) is 19.1 Å². The lowest BCUT2D eigenvalue weighted by Gasteiger charge is -2.06. The highest BCUT2D eigenvalue weighted by molar-refractivity contribution is 5.73. The molecule has 0 saturated carbocycles. The van der Waals surface area contributed by atoms with Crippen molar-refractivity contribution in [1.29, 1.82) is 0 Å². The average Bonchev–Trinajstić information content (AvgIpc) is 2.33. The topological polar surface area (TPSA) is 93.1 Å². The molecule has 0 spiro atoms. The van der Waals surface area contributed by atoms with E-state index in [0.717, 1.165) is 6.42 Å². The maximum absolute atomic E-state index is 11.1. The molecule has 0 aliphatic heterocycles.